The van der Waals surface area contributed by atoms with Gasteiger partial charge in [0, 0.05) is 32.5 Å². The van der Waals surface area contributed by atoms with Crippen LogP contribution in [0.15, 0.2) is 18.2 Å². The molecule has 4 nitrogen and oxygen atoms in total. The van der Waals surface area contributed by atoms with Gasteiger partial charge in [-0.3, -0.25) is 0 Å². The Balaban J connectivity index is 1.56. The average Bonchev–Trinajstić information content (AvgIpc) is 2.93. The Morgan fingerprint density at radius 3 is 2.43 bits per heavy atom. The van der Waals surface area contributed by atoms with Gasteiger partial charge in [-0.15, -0.1) is 0 Å². The summed E-state index contributed by atoms with van der Waals surface area (Å²) < 4.78 is 11.5. The van der Waals surface area contributed by atoms with Crippen molar-refractivity contribution < 1.29 is 14.6 Å². The van der Waals surface area contributed by atoms with Gasteiger partial charge in [0.1, 0.15) is 0 Å². The van der Waals surface area contributed by atoms with Gasteiger partial charge in [0.2, 0.25) is 0 Å². The number of hydrogen-bond donors (Lipinski definition) is 1. The van der Waals surface area contributed by atoms with Crippen LogP contribution in [0.4, 0.5) is 0 Å². The first-order chi connectivity index (χ1) is 10.1. The number of ether oxygens (including phenoxy) is 2. The topological polar surface area (TPSA) is 41.9 Å². The van der Waals surface area contributed by atoms with Gasteiger partial charge in [-0.1, -0.05) is 18.2 Å². The molecular formula is C17H25NO3. The molecule has 1 unspecified atom stereocenters. The molecule has 2 heterocycles. The molecule has 2 fully saturated rings. The van der Waals surface area contributed by atoms with E-state index in [4.69, 9.17) is 9.47 Å². The third-order valence-electron chi connectivity index (χ3n) is 4.78. The molecule has 1 N–H and O–H groups in total. The molecule has 0 bridgehead atoms. The smallest absolute Gasteiger partial charge is 0.170 e. The Kier molecular flexibility index (Phi) is 4.31. The number of hydrogen-bond acceptors (Lipinski definition) is 4. The second-order valence-corrected chi connectivity index (χ2v) is 6.27. The van der Waals surface area contributed by atoms with Gasteiger partial charge in [-0.05, 0) is 30.5 Å². The molecule has 1 aromatic rings. The minimum Gasteiger partial charge on any atom is -0.387 e. The van der Waals surface area contributed by atoms with E-state index in [-0.39, 0.29) is 5.79 Å². The first-order valence-electron chi connectivity index (χ1n) is 7.83. The molecule has 0 radical (unpaired) electrons. The molecule has 0 aliphatic carbocycles. The van der Waals surface area contributed by atoms with Gasteiger partial charge in [0.25, 0.3) is 0 Å². The fourth-order valence-corrected chi connectivity index (χ4v) is 3.18. The number of piperidine rings is 1. The zero-order chi connectivity index (χ0) is 14.9. The molecule has 1 spiro atoms. The second kappa shape index (κ2) is 6.05. The molecular weight excluding hydrogens is 266 g/mol. The molecule has 1 atom stereocenters. The normalized spacial score (nSPS) is 23.6. The maximum absolute atomic E-state index is 10.4. The van der Waals surface area contributed by atoms with E-state index >= 15 is 0 Å². The second-order valence-electron chi connectivity index (χ2n) is 6.27. The molecule has 0 saturated carbocycles. The van der Waals surface area contributed by atoms with Crippen LogP contribution in [0, 0.1) is 13.8 Å². The number of aryl methyl sites for hydroxylation is 2. The highest BCUT2D eigenvalue weighted by molar-refractivity contribution is 5.31. The molecule has 3 rings (SSSR count). The summed E-state index contributed by atoms with van der Waals surface area (Å²) >= 11 is 0. The lowest BCUT2D eigenvalue weighted by Crippen LogP contribution is -2.46. The number of aliphatic hydroxyl groups is 1. The lowest BCUT2D eigenvalue weighted by molar-refractivity contribution is -0.186. The van der Waals surface area contributed by atoms with Crippen molar-refractivity contribution in [1.82, 2.24) is 4.90 Å². The first-order valence-corrected chi connectivity index (χ1v) is 7.83. The summed E-state index contributed by atoms with van der Waals surface area (Å²) in [5.41, 5.74) is 3.50. The summed E-state index contributed by atoms with van der Waals surface area (Å²) in [5, 5.41) is 10.4. The zero-order valence-corrected chi connectivity index (χ0v) is 13.0. The Morgan fingerprint density at radius 2 is 1.81 bits per heavy atom. The summed E-state index contributed by atoms with van der Waals surface area (Å²) in [4.78, 5) is 2.30. The predicted molar refractivity (Wildman–Crippen MR) is 81.2 cm³/mol. The molecule has 21 heavy (non-hydrogen) atoms. The van der Waals surface area contributed by atoms with Crippen LogP contribution in [-0.4, -0.2) is 48.6 Å². The number of β-amino-alcohol motifs (C(OH)–C–C–N with tert-alkyl or cyclic N) is 1. The van der Waals surface area contributed by atoms with Crippen molar-refractivity contribution in [2.24, 2.45) is 0 Å². The minimum absolute atomic E-state index is 0.331. The van der Waals surface area contributed by atoms with E-state index in [0.29, 0.717) is 19.8 Å². The molecule has 0 amide bonds. The van der Waals surface area contributed by atoms with Crippen LogP contribution in [0.25, 0.3) is 0 Å². The lowest BCUT2D eigenvalue weighted by atomic mass is 10.00. The highest BCUT2D eigenvalue weighted by Crippen LogP contribution is 2.32. The van der Waals surface area contributed by atoms with Crippen LogP contribution in [0.5, 0.6) is 0 Å². The highest BCUT2D eigenvalue weighted by Gasteiger charge is 2.39. The van der Waals surface area contributed by atoms with Crippen LogP contribution in [0.3, 0.4) is 0 Å². The van der Waals surface area contributed by atoms with Crippen molar-refractivity contribution in [3.05, 3.63) is 34.9 Å². The molecule has 4 heteroatoms. The Labute approximate surface area is 126 Å². The fraction of sp³-hybridized carbons (Fsp3) is 0.647. The van der Waals surface area contributed by atoms with Gasteiger partial charge >= 0.3 is 0 Å². The van der Waals surface area contributed by atoms with Crippen molar-refractivity contribution in [1.29, 1.82) is 0 Å². The summed E-state index contributed by atoms with van der Waals surface area (Å²) in [5.74, 6) is -0.331. The SMILES string of the molecule is Cc1ccc(C(O)CN2CCC3(CC2)OCCO3)cc1C. The summed E-state index contributed by atoms with van der Waals surface area (Å²) in [6.45, 7) is 8.13. The maximum atomic E-state index is 10.4. The number of rotatable bonds is 3. The van der Waals surface area contributed by atoms with E-state index in [1.165, 1.54) is 11.1 Å². The molecule has 0 aromatic heterocycles. The van der Waals surface area contributed by atoms with Gasteiger partial charge in [0.05, 0.1) is 19.3 Å². The van der Waals surface area contributed by atoms with Crippen molar-refractivity contribution >= 4 is 0 Å². The molecule has 116 valence electrons. The van der Waals surface area contributed by atoms with Crippen LogP contribution in [0.1, 0.15) is 35.6 Å². The predicted octanol–water partition coefficient (Wildman–Crippen LogP) is 2.18. The van der Waals surface area contributed by atoms with Gasteiger partial charge in [-0.2, -0.15) is 0 Å². The van der Waals surface area contributed by atoms with Crippen LogP contribution in [-0.2, 0) is 9.47 Å². The first kappa shape index (κ1) is 15.0. The summed E-state index contributed by atoms with van der Waals surface area (Å²) in [6, 6.07) is 6.20. The molecule has 2 saturated heterocycles. The fourth-order valence-electron chi connectivity index (χ4n) is 3.18. The summed E-state index contributed by atoms with van der Waals surface area (Å²) in [7, 11) is 0. The molecule has 2 aliphatic heterocycles. The number of nitrogens with zero attached hydrogens (tertiary/aromatic N) is 1. The quantitative estimate of drug-likeness (QED) is 0.927. The van der Waals surface area contributed by atoms with E-state index in [1.54, 1.807) is 0 Å². The van der Waals surface area contributed by atoms with Crippen molar-refractivity contribution in [3.63, 3.8) is 0 Å². The zero-order valence-electron chi connectivity index (χ0n) is 13.0. The van der Waals surface area contributed by atoms with E-state index < -0.39 is 6.10 Å². The van der Waals surface area contributed by atoms with Crippen LogP contribution < -0.4 is 0 Å². The molecule has 1 aromatic carbocycles. The van der Waals surface area contributed by atoms with Gasteiger partial charge in [-0.25, -0.2) is 0 Å². The molecule has 2 aliphatic rings. The highest BCUT2D eigenvalue weighted by atomic mass is 16.7. The van der Waals surface area contributed by atoms with E-state index in [2.05, 4.69) is 30.9 Å². The Hall–Kier alpha value is -0.940. The maximum Gasteiger partial charge on any atom is 0.170 e. The van der Waals surface area contributed by atoms with Gasteiger partial charge < -0.3 is 19.5 Å². The third kappa shape index (κ3) is 3.29. The monoisotopic (exact) mass is 291 g/mol. The average molecular weight is 291 g/mol. The van der Waals surface area contributed by atoms with Crippen LogP contribution >= 0.6 is 0 Å². The Morgan fingerprint density at radius 1 is 1.14 bits per heavy atom. The number of aliphatic hydroxyl groups excluding tert-OH is 1. The van der Waals surface area contributed by atoms with Gasteiger partial charge in [0.15, 0.2) is 5.79 Å². The van der Waals surface area contributed by atoms with Crippen molar-refractivity contribution in [2.75, 3.05) is 32.8 Å². The lowest BCUT2D eigenvalue weighted by Gasteiger charge is -2.38. The van der Waals surface area contributed by atoms with Crippen LogP contribution in [0.2, 0.25) is 0 Å². The van der Waals surface area contributed by atoms with Crippen molar-refractivity contribution in [2.45, 2.75) is 38.6 Å². The number of likely N-dealkylation sites (tertiary alicyclic amines) is 1. The third-order valence-corrected chi connectivity index (χ3v) is 4.78. The van der Waals surface area contributed by atoms with E-state index in [1.807, 2.05) is 6.07 Å². The minimum atomic E-state index is -0.427. The number of benzene rings is 1. The summed E-state index contributed by atoms with van der Waals surface area (Å²) in [6.07, 6.45) is 1.36. The van der Waals surface area contributed by atoms with E-state index in [0.717, 1.165) is 31.5 Å². The van der Waals surface area contributed by atoms with Crippen molar-refractivity contribution in [3.8, 4) is 0 Å². The Bertz CT molecular complexity index is 487. The largest absolute Gasteiger partial charge is 0.387 e. The van der Waals surface area contributed by atoms with E-state index in [9.17, 15) is 5.11 Å². The standard InChI is InChI=1S/C17H25NO3/c1-13-3-4-15(11-14(13)2)16(19)12-18-7-5-17(6-8-18)20-9-10-21-17/h3-4,11,16,19H,5-10,12H2,1-2H3.